The van der Waals surface area contributed by atoms with E-state index < -0.39 is 0 Å². The molecule has 0 atom stereocenters. The van der Waals surface area contributed by atoms with E-state index in [9.17, 15) is 4.79 Å². The number of aromatic nitrogens is 4. The van der Waals surface area contributed by atoms with Gasteiger partial charge in [0, 0.05) is 25.6 Å². The van der Waals surface area contributed by atoms with Crippen LogP contribution in [0.1, 0.15) is 21.9 Å². The molecule has 2 N–H and O–H groups in total. The van der Waals surface area contributed by atoms with Crippen LogP contribution in [0, 0.1) is 11.7 Å². The van der Waals surface area contributed by atoms with Crippen molar-refractivity contribution in [2.45, 2.75) is 13.3 Å². The molecule has 0 aliphatic heterocycles. The molecule has 25 heavy (non-hydrogen) atoms. The van der Waals surface area contributed by atoms with Crippen molar-refractivity contribution in [2.24, 2.45) is 7.05 Å². The summed E-state index contributed by atoms with van der Waals surface area (Å²) in [5.74, 6) is 0.668. The smallest absolute Gasteiger partial charge is 0.253 e. The van der Waals surface area contributed by atoms with Crippen LogP contribution in [0.4, 0.5) is 0 Å². The Morgan fingerprint density at radius 1 is 1.24 bits per heavy atom. The van der Waals surface area contributed by atoms with Crippen LogP contribution in [-0.2, 0) is 13.5 Å². The molecule has 2 aromatic heterocycles. The van der Waals surface area contributed by atoms with E-state index in [0.29, 0.717) is 29.0 Å². The number of nitrogens with zero attached hydrogens (tertiary/aromatic N) is 3. The number of pyridine rings is 1. The molecular weight excluding hydrogens is 334 g/mol. The Morgan fingerprint density at radius 3 is 2.64 bits per heavy atom. The number of aromatic amines is 1. The Kier molecular flexibility index (Phi) is 5.04. The third kappa shape index (κ3) is 3.83. The lowest BCUT2D eigenvalue weighted by molar-refractivity contribution is 0.0953. The first-order valence-corrected chi connectivity index (χ1v) is 8.38. The van der Waals surface area contributed by atoms with E-state index >= 15 is 0 Å². The predicted molar refractivity (Wildman–Crippen MR) is 98.8 cm³/mol. The summed E-state index contributed by atoms with van der Waals surface area (Å²) in [6, 6.07) is 13.6. The zero-order valence-electron chi connectivity index (χ0n) is 14.1. The van der Waals surface area contributed by atoms with Crippen molar-refractivity contribution >= 4 is 18.1 Å². The molecule has 0 spiro atoms. The van der Waals surface area contributed by atoms with Crippen molar-refractivity contribution in [3.05, 3.63) is 64.3 Å². The fourth-order valence-electron chi connectivity index (χ4n) is 2.56. The average Bonchev–Trinajstić information content (AvgIpc) is 2.94. The van der Waals surface area contributed by atoms with Crippen LogP contribution in [0.5, 0.6) is 0 Å². The largest absolute Gasteiger partial charge is 0.352 e. The second-order valence-corrected chi connectivity index (χ2v) is 6.09. The van der Waals surface area contributed by atoms with Crippen molar-refractivity contribution < 1.29 is 4.79 Å². The van der Waals surface area contributed by atoms with Gasteiger partial charge in [-0.25, -0.2) is 0 Å². The maximum Gasteiger partial charge on any atom is 0.253 e. The number of aryl methyl sites for hydroxylation is 1. The Hall–Kier alpha value is -2.80. The van der Waals surface area contributed by atoms with Gasteiger partial charge in [-0.3, -0.25) is 14.9 Å². The minimum atomic E-state index is -0.138. The van der Waals surface area contributed by atoms with E-state index in [0.717, 1.165) is 17.1 Å². The van der Waals surface area contributed by atoms with Crippen LogP contribution < -0.4 is 5.32 Å². The van der Waals surface area contributed by atoms with E-state index in [1.807, 2.05) is 56.4 Å². The van der Waals surface area contributed by atoms with Crippen molar-refractivity contribution in [3.63, 3.8) is 0 Å². The van der Waals surface area contributed by atoms with Crippen LogP contribution in [0.3, 0.4) is 0 Å². The highest BCUT2D eigenvalue weighted by Gasteiger charge is 2.11. The van der Waals surface area contributed by atoms with Gasteiger partial charge in [0.2, 0.25) is 0 Å². The minimum absolute atomic E-state index is 0.138. The number of rotatable bonds is 5. The molecule has 0 fully saturated rings. The van der Waals surface area contributed by atoms with E-state index in [2.05, 4.69) is 20.5 Å². The summed E-state index contributed by atoms with van der Waals surface area (Å²) in [5.41, 5.74) is 3.17. The summed E-state index contributed by atoms with van der Waals surface area (Å²) in [4.78, 5) is 16.9. The minimum Gasteiger partial charge on any atom is -0.352 e. The first-order valence-electron chi connectivity index (χ1n) is 7.98. The fraction of sp³-hybridized carbons (Fsp3) is 0.222. The molecule has 0 radical (unpaired) electrons. The third-order valence-corrected chi connectivity index (χ3v) is 4.37. The van der Waals surface area contributed by atoms with Gasteiger partial charge in [0.1, 0.15) is 5.82 Å². The molecule has 0 unspecified atom stereocenters. The summed E-state index contributed by atoms with van der Waals surface area (Å²) >= 11 is 5.07. The lowest BCUT2D eigenvalue weighted by Crippen LogP contribution is -2.27. The van der Waals surface area contributed by atoms with Crippen molar-refractivity contribution in [1.29, 1.82) is 0 Å². The predicted octanol–water partition coefficient (Wildman–Crippen LogP) is 2.82. The fourth-order valence-corrected chi connectivity index (χ4v) is 2.71. The standard InChI is InChI=1S/C18H19N5OS/c1-12-14(8-9-15(20-12)13-6-4-3-5-7-13)17(24)19-11-10-16-21-22-18(25)23(16)2/h3-9H,10-11H2,1-2H3,(H,19,24)(H,22,25). The Bertz CT molecular complexity index is 946. The van der Waals surface area contributed by atoms with E-state index in [4.69, 9.17) is 12.2 Å². The molecule has 2 heterocycles. The Morgan fingerprint density at radius 2 is 2.00 bits per heavy atom. The Labute approximate surface area is 150 Å². The monoisotopic (exact) mass is 353 g/mol. The van der Waals surface area contributed by atoms with Gasteiger partial charge < -0.3 is 9.88 Å². The zero-order chi connectivity index (χ0) is 17.8. The van der Waals surface area contributed by atoms with Gasteiger partial charge in [0.15, 0.2) is 4.77 Å². The lowest BCUT2D eigenvalue weighted by Gasteiger charge is -2.09. The quantitative estimate of drug-likeness (QED) is 0.692. The molecule has 0 aliphatic rings. The Balaban J connectivity index is 1.66. The highest BCUT2D eigenvalue weighted by molar-refractivity contribution is 7.71. The average molecular weight is 353 g/mol. The topological polar surface area (TPSA) is 75.6 Å². The van der Waals surface area contributed by atoms with Crippen LogP contribution in [0.15, 0.2) is 42.5 Å². The maximum absolute atomic E-state index is 12.4. The molecule has 0 saturated carbocycles. The number of carbonyl (C=O) groups excluding carboxylic acids is 1. The number of nitrogens with one attached hydrogen (secondary N) is 2. The van der Waals surface area contributed by atoms with Gasteiger partial charge in [-0.15, -0.1) is 0 Å². The molecule has 128 valence electrons. The summed E-state index contributed by atoms with van der Waals surface area (Å²) in [7, 11) is 1.85. The van der Waals surface area contributed by atoms with Gasteiger partial charge in [-0.2, -0.15) is 5.10 Å². The maximum atomic E-state index is 12.4. The van der Waals surface area contributed by atoms with Crippen LogP contribution in [0.2, 0.25) is 0 Å². The lowest BCUT2D eigenvalue weighted by atomic mass is 10.1. The molecule has 0 aliphatic carbocycles. The summed E-state index contributed by atoms with van der Waals surface area (Å²) in [5, 5.41) is 9.76. The molecule has 6 nitrogen and oxygen atoms in total. The van der Waals surface area contributed by atoms with Gasteiger partial charge in [-0.1, -0.05) is 30.3 Å². The summed E-state index contributed by atoms with van der Waals surface area (Å²) in [6.07, 6.45) is 0.601. The van der Waals surface area contributed by atoms with Crippen molar-refractivity contribution in [1.82, 2.24) is 25.1 Å². The summed E-state index contributed by atoms with van der Waals surface area (Å²) < 4.78 is 2.36. The van der Waals surface area contributed by atoms with E-state index in [1.165, 1.54) is 0 Å². The normalized spacial score (nSPS) is 10.6. The molecule has 0 saturated heterocycles. The number of amides is 1. The molecule has 1 amide bonds. The number of benzene rings is 1. The molecule has 3 aromatic rings. The van der Waals surface area contributed by atoms with Crippen LogP contribution >= 0.6 is 12.2 Å². The highest BCUT2D eigenvalue weighted by Crippen LogP contribution is 2.18. The van der Waals surface area contributed by atoms with Crippen LogP contribution in [-0.4, -0.2) is 32.2 Å². The SMILES string of the molecule is Cc1nc(-c2ccccc2)ccc1C(=O)NCCc1n[nH]c(=S)n1C. The van der Waals surface area contributed by atoms with Gasteiger partial charge in [-0.05, 0) is 31.3 Å². The molecule has 1 aromatic carbocycles. The number of carbonyl (C=O) groups is 1. The molecule has 3 rings (SSSR count). The molecule has 7 heteroatoms. The first-order chi connectivity index (χ1) is 12.1. The zero-order valence-corrected chi connectivity index (χ0v) is 14.9. The number of hydrogen-bond acceptors (Lipinski definition) is 4. The highest BCUT2D eigenvalue weighted by atomic mass is 32.1. The molecular formula is C18H19N5OS. The summed E-state index contributed by atoms with van der Waals surface area (Å²) in [6.45, 7) is 2.32. The van der Waals surface area contributed by atoms with Gasteiger partial charge >= 0.3 is 0 Å². The number of hydrogen-bond donors (Lipinski definition) is 2. The van der Waals surface area contributed by atoms with Gasteiger partial charge in [0.25, 0.3) is 5.91 Å². The first kappa shape index (κ1) is 17.0. The third-order valence-electron chi connectivity index (χ3n) is 4.01. The van der Waals surface area contributed by atoms with Crippen molar-refractivity contribution in [3.8, 4) is 11.3 Å². The van der Waals surface area contributed by atoms with Crippen LogP contribution in [0.25, 0.3) is 11.3 Å². The second kappa shape index (κ2) is 7.40. The van der Waals surface area contributed by atoms with Crippen molar-refractivity contribution in [2.75, 3.05) is 6.54 Å². The van der Waals surface area contributed by atoms with E-state index in [1.54, 1.807) is 4.57 Å². The number of H-pyrrole nitrogens is 1. The van der Waals surface area contributed by atoms with E-state index in [-0.39, 0.29) is 5.91 Å². The van der Waals surface area contributed by atoms with Gasteiger partial charge in [0.05, 0.1) is 17.0 Å². The molecule has 0 bridgehead atoms. The second-order valence-electron chi connectivity index (χ2n) is 5.71.